The summed E-state index contributed by atoms with van der Waals surface area (Å²) in [6.45, 7) is 6.16. The maximum Gasteiger partial charge on any atom is 0.337 e. The van der Waals surface area contributed by atoms with Gasteiger partial charge in [0, 0.05) is 11.7 Å². The molecular weight excluding hydrogens is 218 g/mol. The van der Waals surface area contributed by atoms with Gasteiger partial charge in [-0.3, -0.25) is 0 Å². The van der Waals surface area contributed by atoms with Crippen LogP contribution in [-0.2, 0) is 0 Å². The molecule has 1 aromatic rings. The molecule has 17 heavy (non-hydrogen) atoms. The van der Waals surface area contributed by atoms with Crippen LogP contribution in [0.2, 0.25) is 0 Å². The zero-order valence-electron chi connectivity index (χ0n) is 10.4. The van der Waals surface area contributed by atoms with Gasteiger partial charge in [0.2, 0.25) is 0 Å². The number of nitrogens with two attached hydrogens (primary N) is 1. The zero-order valence-corrected chi connectivity index (χ0v) is 10.4. The minimum absolute atomic E-state index is 0.0785. The number of carboxylic acids is 1. The summed E-state index contributed by atoms with van der Waals surface area (Å²) < 4.78 is 0. The average molecular weight is 237 g/mol. The molecule has 5 nitrogen and oxygen atoms in total. The highest BCUT2D eigenvalue weighted by Crippen LogP contribution is 2.25. The first-order valence-corrected chi connectivity index (χ1v) is 5.63. The second-order valence-corrected chi connectivity index (χ2v) is 4.68. The number of hydrogen-bond acceptors (Lipinski definition) is 4. The van der Waals surface area contributed by atoms with Crippen molar-refractivity contribution in [2.24, 2.45) is 0 Å². The first kappa shape index (κ1) is 13.3. The Morgan fingerprint density at radius 1 is 1.59 bits per heavy atom. The van der Waals surface area contributed by atoms with Crippen molar-refractivity contribution < 1.29 is 9.90 Å². The van der Waals surface area contributed by atoms with E-state index in [1.54, 1.807) is 0 Å². The number of rotatable bonds is 5. The van der Waals surface area contributed by atoms with Gasteiger partial charge in [-0.25, -0.2) is 9.78 Å². The van der Waals surface area contributed by atoms with Crippen molar-refractivity contribution >= 4 is 17.5 Å². The van der Waals surface area contributed by atoms with Crippen LogP contribution in [0.3, 0.4) is 0 Å². The SMILES string of the molecule is CCCC(C)(C)Nc1nccc(C(=O)O)c1N. The molecule has 1 rings (SSSR count). The van der Waals surface area contributed by atoms with Crippen molar-refractivity contribution in [3.05, 3.63) is 17.8 Å². The third-order valence-corrected chi connectivity index (χ3v) is 2.55. The second kappa shape index (κ2) is 5.03. The molecule has 0 fully saturated rings. The van der Waals surface area contributed by atoms with Gasteiger partial charge in [0.05, 0.1) is 11.3 Å². The fourth-order valence-corrected chi connectivity index (χ4v) is 1.77. The minimum atomic E-state index is -1.04. The standard InChI is InChI=1S/C12H19N3O2/c1-4-6-12(2,3)15-10-9(13)8(11(16)17)5-7-14-10/h5,7H,4,6,13H2,1-3H3,(H,14,15)(H,16,17). The molecule has 0 aliphatic carbocycles. The van der Waals surface area contributed by atoms with Crippen LogP contribution in [0.5, 0.6) is 0 Å². The number of aromatic nitrogens is 1. The van der Waals surface area contributed by atoms with Gasteiger partial charge in [-0.15, -0.1) is 0 Å². The van der Waals surface area contributed by atoms with E-state index >= 15 is 0 Å². The maximum atomic E-state index is 10.9. The lowest BCUT2D eigenvalue weighted by molar-refractivity contribution is 0.0698. The van der Waals surface area contributed by atoms with Crippen molar-refractivity contribution in [1.29, 1.82) is 0 Å². The number of carbonyl (C=O) groups is 1. The maximum absolute atomic E-state index is 10.9. The van der Waals surface area contributed by atoms with Gasteiger partial charge in [0.1, 0.15) is 5.82 Å². The van der Waals surface area contributed by atoms with E-state index in [1.807, 2.05) is 13.8 Å². The Hall–Kier alpha value is -1.78. The Bertz CT molecular complexity index is 416. The van der Waals surface area contributed by atoms with E-state index in [1.165, 1.54) is 12.3 Å². The van der Waals surface area contributed by atoms with E-state index < -0.39 is 5.97 Å². The second-order valence-electron chi connectivity index (χ2n) is 4.68. The van der Waals surface area contributed by atoms with Crippen molar-refractivity contribution in [3.8, 4) is 0 Å². The number of hydrogen-bond donors (Lipinski definition) is 3. The summed E-state index contributed by atoms with van der Waals surface area (Å²) >= 11 is 0. The number of anilines is 2. The summed E-state index contributed by atoms with van der Waals surface area (Å²) in [6, 6.07) is 1.40. The molecule has 0 aliphatic rings. The minimum Gasteiger partial charge on any atom is -0.478 e. The van der Waals surface area contributed by atoms with Crippen molar-refractivity contribution in [3.63, 3.8) is 0 Å². The zero-order chi connectivity index (χ0) is 13.1. The van der Waals surface area contributed by atoms with Crippen LogP contribution < -0.4 is 11.1 Å². The molecular formula is C12H19N3O2. The van der Waals surface area contributed by atoms with Gasteiger partial charge in [0.25, 0.3) is 0 Å². The summed E-state index contributed by atoms with van der Waals surface area (Å²) in [5, 5.41) is 12.1. The molecule has 0 radical (unpaired) electrons. The van der Waals surface area contributed by atoms with Gasteiger partial charge < -0.3 is 16.2 Å². The predicted octanol–water partition coefficient (Wildman–Crippen LogP) is 2.35. The van der Waals surface area contributed by atoms with Crippen LogP contribution >= 0.6 is 0 Å². The molecule has 1 heterocycles. The molecule has 5 heteroatoms. The summed E-state index contributed by atoms with van der Waals surface area (Å²) in [5.41, 5.74) is 5.88. The topological polar surface area (TPSA) is 88.2 Å². The quantitative estimate of drug-likeness (QED) is 0.731. The van der Waals surface area contributed by atoms with Crippen LogP contribution in [0.4, 0.5) is 11.5 Å². The van der Waals surface area contributed by atoms with Crippen molar-refractivity contribution in [1.82, 2.24) is 4.98 Å². The Kier molecular flexibility index (Phi) is 3.93. The van der Waals surface area contributed by atoms with E-state index in [0.29, 0.717) is 5.82 Å². The number of nitrogen functional groups attached to an aromatic ring is 1. The third-order valence-electron chi connectivity index (χ3n) is 2.55. The summed E-state index contributed by atoms with van der Waals surface area (Å²) in [7, 11) is 0. The largest absolute Gasteiger partial charge is 0.478 e. The van der Waals surface area contributed by atoms with Crippen LogP contribution in [0.1, 0.15) is 44.0 Å². The Labute approximate surface area is 101 Å². The van der Waals surface area contributed by atoms with Crippen LogP contribution in [0.25, 0.3) is 0 Å². The summed E-state index contributed by atoms with van der Waals surface area (Å²) in [6.07, 6.45) is 3.42. The molecule has 0 saturated carbocycles. The lowest BCUT2D eigenvalue weighted by Gasteiger charge is -2.27. The molecule has 1 aromatic heterocycles. The number of nitrogens with zero attached hydrogens (tertiary/aromatic N) is 1. The lowest BCUT2D eigenvalue weighted by Crippen LogP contribution is -2.31. The smallest absolute Gasteiger partial charge is 0.337 e. The van der Waals surface area contributed by atoms with E-state index in [-0.39, 0.29) is 16.8 Å². The highest BCUT2D eigenvalue weighted by Gasteiger charge is 2.20. The Balaban J connectivity index is 3.00. The number of carboxylic acid groups (broad SMARTS) is 1. The van der Waals surface area contributed by atoms with E-state index in [0.717, 1.165) is 12.8 Å². The van der Waals surface area contributed by atoms with Gasteiger partial charge in [-0.2, -0.15) is 0 Å². The summed E-state index contributed by atoms with van der Waals surface area (Å²) in [4.78, 5) is 15.0. The molecule has 0 amide bonds. The molecule has 0 unspecified atom stereocenters. The first-order valence-electron chi connectivity index (χ1n) is 5.63. The highest BCUT2D eigenvalue weighted by molar-refractivity contribution is 5.96. The molecule has 0 atom stereocenters. The van der Waals surface area contributed by atoms with Crippen LogP contribution in [0, 0.1) is 0 Å². The molecule has 0 aromatic carbocycles. The van der Waals surface area contributed by atoms with Crippen molar-refractivity contribution in [2.45, 2.75) is 39.2 Å². The van der Waals surface area contributed by atoms with E-state index in [4.69, 9.17) is 10.8 Å². The van der Waals surface area contributed by atoms with Gasteiger partial charge in [0.15, 0.2) is 0 Å². The van der Waals surface area contributed by atoms with E-state index in [2.05, 4.69) is 17.2 Å². The van der Waals surface area contributed by atoms with Crippen LogP contribution in [0.15, 0.2) is 12.3 Å². The molecule has 0 spiro atoms. The lowest BCUT2D eigenvalue weighted by atomic mass is 9.99. The fourth-order valence-electron chi connectivity index (χ4n) is 1.77. The molecule has 4 N–H and O–H groups in total. The number of nitrogens with one attached hydrogen (secondary N) is 1. The Morgan fingerprint density at radius 2 is 2.24 bits per heavy atom. The number of aromatic carboxylic acids is 1. The summed E-state index contributed by atoms with van der Waals surface area (Å²) in [5.74, 6) is -0.607. The average Bonchev–Trinajstić information content (AvgIpc) is 2.20. The molecule has 0 aliphatic heterocycles. The van der Waals surface area contributed by atoms with Crippen LogP contribution in [-0.4, -0.2) is 21.6 Å². The first-order chi connectivity index (χ1) is 7.87. The molecule has 94 valence electrons. The monoisotopic (exact) mass is 237 g/mol. The molecule has 0 saturated heterocycles. The highest BCUT2D eigenvalue weighted by atomic mass is 16.4. The van der Waals surface area contributed by atoms with Gasteiger partial charge in [-0.05, 0) is 26.3 Å². The third kappa shape index (κ3) is 3.34. The van der Waals surface area contributed by atoms with Gasteiger partial charge >= 0.3 is 5.97 Å². The van der Waals surface area contributed by atoms with Gasteiger partial charge in [-0.1, -0.05) is 13.3 Å². The normalized spacial score (nSPS) is 11.2. The Morgan fingerprint density at radius 3 is 2.76 bits per heavy atom. The van der Waals surface area contributed by atoms with E-state index in [9.17, 15) is 4.79 Å². The number of pyridine rings is 1. The molecule has 0 bridgehead atoms. The fraction of sp³-hybridized carbons (Fsp3) is 0.500. The predicted molar refractivity (Wildman–Crippen MR) is 68.2 cm³/mol. The van der Waals surface area contributed by atoms with Crippen molar-refractivity contribution in [2.75, 3.05) is 11.1 Å².